The van der Waals surface area contributed by atoms with Gasteiger partial charge in [0.2, 0.25) is 0 Å². The van der Waals surface area contributed by atoms with Gasteiger partial charge in [0.1, 0.15) is 10.8 Å². The van der Waals surface area contributed by atoms with Crippen molar-refractivity contribution >= 4 is 17.1 Å². The third kappa shape index (κ3) is 4.08. The summed E-state index contributed by atoms with van der Waals surface area (Å²) in [4.78, 5) is 16.1. The highest BCUT2D eigenvalue weighted by Crippen LogP contribution is 2.12. The van der Waals surface area contributed by atoms with E-state index in [-0.39, 0.29) is 0 Å². The molecule has 0 amide bonds. The van der Waals surface area contributed by atoms with Crippen molar-refractivity contribution in [2.45, 2.75) is 32.6 Å². The van der Waals surface area contributed by atoms with E-state index < -0.39 is 0 Å². The van der Waals surface area contributed by atoms with Gasteiger partial charge in [-0.2, -0.15) is 0 Å². The van der Waals surface area contributed by atoms with Crippen LogP contribution in [0.3, 0.4) is 0 Å². The van der Waals surface area contributed by atoms with E-state index >= 15 is 0 Å². The van der Waals surface area contributed by atoms with E-state index in [1.807, 2.05) is 30.5 Å². The Labute approximate surface area is 112 Å². The predicted molar refractivity (Wildman–Crippen MR) is 74.9 cm³/mol. The van der Waals surface area contributed by atoms with Crippen molar-refractivity contribution in [2.24, 2.45) is 0 Å². The predicted octanol–water partition coefficient (Wildman–Crippen LogP) is 3.59. The van der Waals surface area contributed by atoms with Crippen LogP contribution in [0.25, 0.3) is 0 Å². The maximum atomic E-state index is 11.8. The van der Waals surface area contributed by atoms with Crippen molar-refractivity contribution in [1.82, 2.24) is 4.98 Å². The Morgan fingerprint density at radius 1 is 1.28 bits per heavy atom. The molecule has 0 N–H and O–H groups in total. The summed E-state index contributed by atoms with van der Waals surface area (Å²) in [5, 5.41) is 2.93. The molecule has 0 bridgehead atoms. The molecule has 94 valence electrons. The molecule has 0 saturated heterocycles. The molecule has 1 aromatic carbocycles. The first-order valence-corrected chi connectivity index (χ1v) is 7.08. The molecule has 0 spiro atoms. The molecule has 0 aliphatic carbocycles. The van der Waals surface area contributed by atoms with Crippen molar-refractivity contribution < 1.29 is 4.79 Å². The summed E-state index contributed by atoms with van der Waals surface area (Å²) >= 11 is 1.58. The lowest BCUT2D eigenvalue weighted by Gasteiger charge is -2.00. The molecule has 2 aromatic rings. The minimum absolute atomic E-state index is 0.292. The number of rotatable bonds is 6. The van der Waals surface area contributed by atoms with Crippen LogP contribution in [0.5, 0.6) is 0 Å². The lowest BCUT2D eigenvalue weighted by atomic mass is 10.1. The van der Waals surface area contributed by atoms with Crippen LogP contribution in [0.2, 0.25) is 0 Å². The summed E-state index contributed by atoms with van der Waals surface area (Å²) < 4.78 is 0. The van der Waals surface area contributed by atoms with Crippen molar-refractivity contribution in [3.63, 3.8) is 0 Å². The maximum absolute atomic E-state index is 11.8. The van der Waals surface area contributed by atoms with Gasteiger partial charge in [0.15, 0.2) is 0 Å². The van der Waals surface area contributed by atoms with E-state index in [0.717, 1.165) is 23.5 Å². The Kier molecular flexibility index (Phi) is 4.65. The molecule has 0 aliphatic heterocycles. The molecule has 0 radical (unpaired) electrons. The average molecular weight is 259 g/mol. The lowest BCUT2D eigenvalue weighted by molar-refractivity contribution is -0.118. The highest BCUT2D eigenvalue weighted by atomic mass is 32.1. The van der Waals surface area contributed by atoms with Crippen LogP contribution in [0.15, 0.2) is 35.7 Å². The van der Waals surface area contributed by atoms with E-state index in [9.17, 15) is 4.79 Å². The van der Waals surface area contributed by atoms with Gasteiger partial charge in [-0.3, -0.25) is 4.79 Å². The third-order valence-corrected chi connectivity index (χ3v) is 3.75. The van der Waals surface area contributed by atoms with Gasteiger partial charge in [0, 0.05) is 17.5 Å². The van der Waals surface area contributed by atoms with Gasteiger partial charge in [-0.05, 0) is 25.3 Å². The zero-order valence-corrected chi connectivity index (χ0v) is 11.4. The van der Waals surface area contributed by atoms with Crippen LogP contribution in [-0.2, 0) is 17.6 Å². The largest absolute Gasteiger partial charge is 0.299 e. The van der Waals surface area contributed by atoms with Crippen LogP contribution in [0.1, 0.15) is 29.1 Å². The topological polar surface area (TPSA) is 30.0 Å². The summed E-state index contributed by atoms with van der Waals surface area (Å²) in [7, 11) is 0. The fourth-order valence-corrected chi connectivity index (χ4v) is 2.68. The molecule has 3 heteroatoms. The fraction of sp³-hybridized carbons (Fsp3) is 0.333. The average Bonchev–Trinajstić information content (AvgIpc) is 2.76. The Balaban J connectivity index is 1.72. The monoisotopic (exact) mass is 259 g/mol. The lowest BCUT2D eigenvalue weighted by Crippen LogP contribution is -2.03. The molecule has 0 saturated carbocycles. The first-order chi connectivity index (χ1) is 8.74. The normalized spacial score (nSPS) is 10.5. The smallest absolute Gasteiger partial charge is 0.139 e. The number of carbonyl (C=O) groups excluding carboxylic acids is 1. The Morgan fingerprint density at radius 2 is 2.06 bits per heavy atom. The van der Waals surface area contributed by atoms with Crippen molar-refractivity contribution in [1.29, 1.82) is 0 Å². The SMILES string of the molecule is Cc1csc(CC(=O)CCCc2ccccc2)n1. The van der Waals surface area contributed by atoms with E-state index in [1.165, 1.54) is 5.56 Å². The number of thiazole rings is 1. The van der Waals surface area contributed by atoms with E-state index in [1.54, 1.807) is 11.3 Å². The van der Waals surface area contributed by atoms with Crippen LogP contribution in [0.4, 0.5) is 0 Å². The van der Waals surface area contributed by atoms with Crippen LogP contribution < -0.4 is 0 Å². The number of Topliss-reactive ketones (excluding diaryl/α,β-unsaturated/α-hetero) is 1. The Hall–Kier alpha value is -1.48. The van der Waals surface area contributed by atoms with Gasteiger partial charge in [-0.1, -0.05) is 30.3 Å². The number of nitrogens with zero attached hydrogens (tertiary/aromatic N) is 1. The minimum atomic E-state index is 0.292. The van der Waals surface area contributed by atoms with Gasteiger partial charge in [-0.25, -0.2) is 4.98 Å². The molecule has 18 heavy (non-hydrogen) atoms. The van der Waals surface area contributed by atoms with Gasteiger partial charge >= 0.3 is 0 Å². The number of aryl methyl sites for hydroxylation is 2. The molecule has 0 fully saturated rings. The summed E-state index contributed by atoms with van der Waals surface area (Å²) in [6, 6.07) is 10.3. The van der Waals surface area contributed by atoms with Crippen molar-refractivity contribution in [2.75, 3.05) is 0 Å². The fourth-order valence-electron chi connectivity index (χ4n) is 1.88. The standard InChI is InChI=1S/C15H17NOS/c1-12-11-18-15(16-12)10-14(17)9-5-8-13-6-3-2-4-7-13/h2-4,6-7,11H,5,8-10H2,1H3. The highest BCUT2D eigenvalue weighted by molar-refractivity contribution is 7.09. The summed E-state index contributed by atoms with van der Waals surface area (Å²) in [5.74, 6) is 0.292. The van der Waals surface area contributed by atoms with Gasteiger partial charge in [0.25, 0.3) is 0 Å². The first kappa shape index (κ1) is 13.0. The van der Waals surface area contributed by atoms with Gasteiger partial charge in [0.05, 0.1) is 6.42 Å². The summed E-state index contributed by atoms with van der Waals surface area (Å²) in [5.41, 5.74) is 2.31. The van der Waals surface area contributed by atoms with E-state index in [0.29, 0.717) is 18.6 Å². The molecule has 0 aliphatic rings. The second-order valence-corrected chi connectivity index (χ2v) is 5.38. The van der Waals surface area contributed by atoms with E-state index in [4.69, 9.17) is 0 Å². The second kappa shape index (κ2) is 6.45. The van der Waals surface area contributed by atoms with Gasteiger partial charge in [-0.15, -0.1) is 11.3 Å². The zero-order chi connectivity index (χ0) is 12.8. The number of benzene rings is 1. The number of hydrogen-bond donors (Lipinski definition) is 0. The van der Waals surface area contributed by atoms with Crippen molar-refractivity contribution in [3.8, 4) is 0 Å². The molecular formula is C15H17NOS. The Morgan fingerprint density at radius 3 is 2.72 bits per heavy atom. The van der Waals surface area contributed by atoms with Gasteiger partial charge < -0.3 is 0 Å². The third-order valence-electron chi connectivity index (χ3n) is 2.78. The Bertz CT molecular complexity index is 504. The summed E-state index contributed by atoms with van der Waals surface area (Å²) in [6.45, 7) is 1.96. The quantitative estimate of drug-likeness (QED) is 0.793. The molecule has 0 unspecified atom stereocenters. The molecule has 1 aromatic heterocycles. The van der Waals surface area contributed by atoms with Crippen LogP contribution in [0, 0.1) is 6.92 Å². The first-order valence-electron chi connectivity index (χ1n) is 6.20. The molecule has 1 heterocycles. The number of aromatic nitrogens is 1. The van der Waals surface area contributed by atoms with E-state index in [2.05, 4.69) is 17.1 Å². The minimum Gasteiger partial charge on any atom is -0.299 e. The highest BCUT2D eigenvalue weighted by Gasteiger charge is 2.06. The molecule has 2 rings (SSSR count). The number of ketones is 1. The van der Waals surface area contributed by atoms with Crippen LogP contribution >= 0.6 is 11.3 Å². The van der Waals surface area contributed by atoms with Crippen LogP contribution in [-0.4, -0.2) is 10.8 Å². The number of carbonyl (C=O) groups is 1. The van der Waals surface area contributed by atoms with Crippen molar-refractivity contribution in [3.05, 3.63) is 52.0 Å². The second-order valence-electron chi connectivity index (χ2n) is 4.44. The maximum Gasteiger partial charge on any atom is 0.139 e. The summed E-state index contributed by atoms with van der Waals surface area (Å²) in [6.07, 6.45) is 3.04. The number of hydrogen-bond acceptors (Lipinski definition) is 3. The molecular weight excluding hydrogens is 242 g/mol. The molecule has 2 nitrogen and oxygen atoms in total. The zero-order valence-electron chi connectivity index (χ0n) is 10.6. The molecule has 0 atom stereocenters.